The second kappa shape index (κ2) is 20.1. The fourth-order valence-corrected chi connectivity index (χ4v) is 28.4. The van der Waals surface area contributed by atoms with E-state index in [-0.39, 0.29) is 111 Å². The highest BCUT2D eigenvalue weighted by Gasteiger charge is 2.89. The van der Waals surface area contributed by atoms with E-state index in [1.807, 2.05) is 25.2 Å². The lowest BCUT2D eigenvalue weighted by molar-refractivity contribution is -0.304. The van der Waals surface area contributed by atoms with Crippen molar-refractivity contribution in [2.24, 2.45) is 91.5 Å². The summed E-state index contributed by atoms with van der Waals surface area (Å²) in [5.41, 5.74) is -4.77. The zero-order valence-electron chi connectivity index (χ0n) is 55.2. The van der Waals surface area contributed by atoms with Gasteiger partial charge in [-0.1, -0.05) is 98.9 Å². The molecule has 20 aliphatic rings. The summed E-state index contributed by atoms with van der Waals surface area (Å²) in [5, 5.41) is 130. The molecule has 0 aromatic rings. The monoisotopic (exact) mass is 1280 g/mol. The van der Waals surface area contributed by atoms with Crippen LogP contribution in [0, 0.1) is 85.8 Å². The Hall–Kier alpha value is -3.55. The van der Waals surface area contributed by atoms with Crippen molar-refractivity contribution >= 4 is 5.78 Å². The second-order valence-electron chi connectivity index (χ2n) is 34.9. The Morgan fingerprint density at radius 1 is 0.849 bits per heavy atom. The van der Waals surface area contributed by atoms with Crippen LogP contribution in [0.1, 0.15) is 188 Å². The van der Waals surface area contributed by atoms with Gasteiger partial charge in [0.2, 0.25) is 0 Å². The van der Waals surface area contributed by atoms with E-state index in [0.29, 0.717) is 55.9 Å². The third-order valence-corrected chi connectivity index (χ3v) is 31.5. The smallest absolute Gasteiger partial charge is 0.189 e. The van der Waals surface area contributed by atoms with Crippen molar-refractivity contribution in [3.8, 4) is 0 Å². The number of aliphatic hydroxyl groups is 9. The maximum absolute atomic E-state index is 17.9. The molecule has 15 heteroatoms. The first-order chi connectivity index (χ1) is 44.5. The normalized spacial score (nSPS) is 54.7. The fourth-order valence-electron chi connectivity index (χ4n) is 28.4. The number of ether oxygens (including phenoxy) is 2. The van der Waals surface area contributed by atoms with Crippen LogP contribution in [0.15, 0.2) is 106 Å². The zero-order chi connectivity index (χ0) is 64.3. The summed E-state index contributed by atoms with van der Waals surface area (Å²) >= 11 is 0. The van der Waals surface area contributed by atoms with Gasteiger partial charge in [0.25, 0.3) is 0 Å². The van der Waals surface area contributed by atoms with E-state index in [4.69, 9.17) is 15.2 Å². The Morgan fingerprint density at radius 2 is 1.68 bits per heavy atom. The van der Waals surface area contributed by atoms with Crippen molar-refractivity contribution < 1.29 is 60.2 Å². The molecule has 0 aromatic heterocycles. The number of nitrogens with one attached hydrogen (secondary N) is 2. The highest BCUT2D eigenvalue weighted by Crippen LogP contribution is 2.86. The minimum atomic E-state index is -2.08. The number of carbonyl (C=O) groups excluding carboxylic acids is 1. The molecule has 4 heterocycles. The van der Waals surface area contributed by atoms with Crippen molar-refractivity contribution in [2.75, 3.05) is 13.2 Å². The lowest BCUT2D eigenvalue weighted by Gasteiger charge is -2.76. The van der Waals surface area contributed by atoms with Gasteiger partial charge in [0.05, 0.1) is 81.7 Å². The van der Waals surface area contributed by atoms with Gasteiger partial charge in [0.15, 0.2) is 5.78 Å². The Balaban J connectivity index is 0.931. The van der Waals surface area contributed by atoms with Gasteiger partial charge in [0.1, 0.15) is 11.2 Å². The molecular formula is C78H105N3O12. The predicted octanol–water partition coefficient (Wildman–Crippen LogP) is 8.05. The summed E-state index contributed by atoms with van der Waals surface area (Å²) < 4.78 is 15.4. The Morgan fingerprint density at radius 3 is 2.49 bits per heavy atom. The van der Waals surface area contributed by atoms with E-state index in [9.17, 15) is 25.5 Å². The van der Waals surface area contributed by atoms with Crippen LogP contribution in [0.3, 0.4) is 0 Å². The van der Waals surface area contributed by atoms with Crippen molar-refractivity contribution in [3.05, 3.63) is 106 Å². The number of fused-ring (bicyclic) bond motifs is 4. The van der Waals surface area contributed by atoms with E-state index >= 15 is 25.2 Å². The topological polar surface area (TPSA) is 268 Å². The first-order valence-electron chi connectivity index (χ1n) is 37.3. The zero-order valence-corrected chi connectivity index (χ0v) is 55.2. The summed E-state index contributed by atoms with van der Waals surface area (Å²) in [6, 6.07) is 0. The third-order valence-electron chi connectivity index (χ3n) is 31.5. The number of aliphatic hydroxyl groups excluding tert-OH is 5. The van der Waals surface area contributed by atoms with Crippen LogP contribution in [-0.4, -0.2) is 141 Å². The summed E-state index contributed by atoms with van der Waals surface area (Å²) in [6.45, 7) is 5.59. The van der Waals surface area contributed by atoms with Gasteiger partial charge in [-0.3, -0.25) is 4.79 Å². The van der Waals surface area contributed by atoms with E-state index in [1.54, 1.807) is 6.92 Å². The molecule has 0 aromatic carbocycles. The molecule has 10 fully saturated rings. The Labute approximate surface area is 549 Å². The van der Waals surface area contributed by atoms with E-state index in [1.165, 1.54) is 16.7 Å². The number of rotatable bonds is 11. The van der Waals surface area contributed by atoms with Gasteiger partial charge in [-0.2, -0.15) is 0 Å². The van der Waals surface area contributed by atoms with Gasteiger partial charge in [-0.25, -0.2) is 0 Å². The summed E-state index contributed by atoms with van der Waals surface area (Å²) in [7, 11) is 0. The van der Waals surface area contributed by atoms with E-state index < -0.39 is 109 Å². The number of ketones is 1. The molecule has 2 saturated heterocycles. The molecule has 4 aliphatic heterocycles. The number of hydrogen-bond donors (Lipinski definition) is 12. The van der Waals surface area contributed by atoms with Crippen LogP contribution >= 0.6 is 0 Å². The van der Waals surface area contributed by atoms with Crippen molar-refractivity contribution in [1.82, 2.24) is 10.6 Å². The van der Waals surface area contributed by atoms with Crippen LogP contribution < -0.4 is 16.4 Å². The van der Waals surface area contributed by atoms with Gasteiger partial charge >= 0.3 is 0 Å². The first-order valence-corrected chi connectivity index (χ1v) is 37.3. The second-order valence-corrected chi connectivity index (χ2v) is 34.9. The molecule has 0 amide bonds. The average molecular weight is 1280 g/mol. The number of hydrogen-bond acceptors (Lipinski definition) is 15. The fraction of sp³-hybridized carbons (Fsp3) is 0.756. The molecule has 1 unspecified atom stereocenters. The summed E-state index contributed by atoms with van der Waals surface area (Å²) in [5.74, 6) is -1.62. The minimum Gasteiger partial charge on any atom is -0.396 e. The minimum absolute atomic E-state index is 0.0333. The number of nitrogens with two attached hydrogens (primary N) is 1. The lowest BCUT2D eigenvalue weighted by Crippen LogP contribution is -2.81. The standard InChI is InChI=1S/C78H105N3O12/c1-4-8-44-13-14-51-62-55(84)11-6-23-78(91,77(62)27-19-45(35-44)64(51)93-77)67(3,88)59-22-26-76(90)65-63(80-39-43(2)83)66(87)70-25-21-47-49-15-16-50-48-9-5-12-58(48)92-71(61(49)50)31-28-68(40-71)24-20-46(36-53(47)68)74(59,76)42-73(89)32-29-69(52-17-18-60(79)81-54(52)10-7-34-82)30-33-75(65,73)72(70,41-69)38-57(86)56(85)37-70/h16-19,21,25,27,29-30,32-33,43-48,51,53,55-60,62,64,80-86,88-91H,4-15,20,22-24,26,28,31,34-42,79H2,1-3H3/b25-21+/t43-,44+,45+,46-,47-,48+,51-,53-,55-,56+,57-,58+,59+,60?,62+,64-,67+,68-,69+,70-,71-,72+,73+,74-,75-,76+,77+,78-/m0/s1. The van der Waals surface area contributed by atoms with Crippen molar-refractivity contribution in [2.45, 2.75) is 264 Å². The number of allylic oxidation sites excluding steroid dienone is 10. The molecular weight excluding hydrogens is 1170 g/mol. The van der Waals surface area contributed by atoms with Crippen molar-refractivity contribution in [1.29, 1.82) is 0 Å². The van der Waals surface area contributed by atoms with Gasteiger partial charge < -0.3 is 71.8 Å². The molecule has 28 atom stereocenters. The maximum Gasteiger partial charge on any atom is 0.189 e. The lowest BCUT2D eigenvalue weighted by atomic mass is 9.27. The van der Waals surface area contributed by atoms with Gasteiger partial charge in [0, 0.05) is 64.3 Å². The number of dihydropyridines is 1. The molecule has 8 saturated carbocycles. The van der Waals surface area contributed by atoms with Crippen LogP contribution in [0.5, 0.6) is 0 Å². The highest BCUT2D eigenvalue weighted by atomic mass is 16.5. The van der Waals surface area contributed by atoms with E-state index in [2.05, 4.69) is 66.2 Å². The largest absolute Gasteiger partial charge is 0.396 e. The van der Waals surface area contributed by atoms with E-state index in [0.717, 1.165) is 94.7 Å². The molecule has 15 nitrogen and oxygen atoms in total. The summed E-state index contributed by atoms with van der Waals surface area (Å²) in [4.78, 5) is 17.9. The first kappa shape index (κ1) is 61.8. The molecule has 20 rings (SSSR count). The van der Waals surface area contributed by atoms with Crippen LogP contribution in [0.4, 0.5) is 0 Å². The molecule has 13 bridgehead atoms. The van der Waals surface area contributed by atoms with Crippen LogP contribution in [0.25, 0.3) is 0 Å². The number of carbonyl (C=O) groups is 1. The van der Waals surface area contributed by atoms with Crippen LogP contribution in [0.2, 0.25) is 0 Å². The SMILES string of the molecule is CCC[C@@H]1CC[C@@H]2[C@H]3O[C@]4(C=C[C@@H]3C1)[C@H]2[C@@H](O)CCC[C@]4(O)[C@](C)(O)[C@H]1CC[C@@]2(O)C3=C(NC[C@H](C)O)C(=O)[C@@]45/C=C/[C@H]6C7=C8C(=CC7)[C@H]7CCC[C@H]7O[C@]87CC[C@@]8(CC[C@@H](C[C@@H]68)[C@@]12C[C@]1(O)C=C[C@@]2(C6=C(CCCO)NC(N)C=C6)C=C[C@@]31[C@]4(C[C@H](O)[C@H](O)C5)C2)C7. The average Bonchev–Trinajstić information content (AvgIpc) is 1.61. The maximum atomic E-state index is 17.9. The van der Waals surface area contributed by atoms with Crippen LogP contribution in [-0.2, 0) is 14.3 Å². The highest BCUT2D eigenvalue weighted by molar-refractivity contribution is 6.05. The third kappa shape index (κ3) is 7.27. The predicted molar refractivity (Wildman–Crippen MR) is 348 cm³/mol. The van der Waals surface area contributed by atoms with Gasteiger partial charge in [-0.15, -0.1) is 0 Å². The summed E-state index contributed by atoms with van der Waals surface area (Å²) in [6.07, 6.45) is 34.4. The molecule has 7 spiro atoms. The molecule has 13 N–H and O–H groups in total. The quantitative estimate of drug-likeness (QED) is 0.0873. The molecule has 93 heavy (non-hydrogen) atoms. The Kier molecular flexibility index (Phi) is 13.3. The Bertz CT molecular complexity index is 3510. The number of Topliss-reactive ketones (excluding diaryl/α,β-unsaturated/α-hetero) is 1. The molecule has 0 radical (unpaired) electrons. The molecule has 504 valence electrons. The molecule has 16 aliphatic carbocycles. The van der Waals surface area contributed by atoms with Crippen molar-refractivity contribution in [3.63, 3.8) is 0 Å². The van der Waals surface area contributed by atoms with Gasteiger partial charge in [-0.05, 0) is 213 Å².